The number of hydrogen-bond donors (Lipinski definition) is 2. The van der Waals surface area contributed by atoms with E-state index in [2.05, 4.69) is 15.4 Å². The molecule has 9 heteroatoms. The summed E-state index contributed by atoms with van der Waals surface area (Å²) in [6, 6.07) is 2.72. The number of nitrogens with one attached hydrogen (secondary N) is 1. The molecule has 0 aliphatic heterocycles. The van der Waals surface area contributed by atoms with Crippen LogP contribution >= 0.6 is 11.8 Å². The van der Waals surface area contributed by atoms with Crippen molar-refractivity contribution in [1.82, 2.24) is 14.8 Å². The second kappa shape index (κ2) is 10.5. The lowest BCUT2D eigenvalue weighted by molar-refractivity contribution is -0.118. The fourth-order valence-corrected chi connectivity index (χ4v) is 5.03. The van der Waals surface area contributed by atoms with E-state index in [0.29, 0.717) is 37.2 Å². The molecule has 0 unspecified atom stereocenters. The van der Waals surface area contributed by atoms with Crippen LogP contribution in [-0.2, 0) is 22.7 Å². The van der Waals surface area contributed by atoms with Crippen molar-refractivity contribution in [2.45, 2.75) is 58.7 Å². The van der Waals surface area contributed by atoms with Crippen LogP contribution in [0.3, 0.4) is 0 Å². The third kappa shape index (κ3) is 5.58. The Morgan fingerprint density at radius 1 is 1.33 bits per heavy atom. The van der Waals surface area contributed by atoms with Gasteiger partial charge in [-0.05, 0) is 75.2 Å². The van der Waals surface area contributed by atoms with Gasteiger partial charge in [0.1, 0.15) is 12.5 Å². The van der Waals surface area contributed by atoms with Gasteiger partial charge in [0.25, 0.3) is 0 Å². The Morgan fingerprint density at radius 2 is 2.03 bits per heavy atom. The van der Waals surface area contributed by atoms with Crippen LogP contribution in [0, 0.1) is 30.6 Å². The maximum absolute atomic E-state index is 15.1. The highest BCUT2D eigenvalue weighted by Gasteiger charge is 2.46. The lowest BCUT2D eigenvalue weighted by Gasteiger charge is -2.22. The van der Waals surface area contributed by atoms with Crippen LogP contribution in [0.15, 0.2) is 12.1 Å². The zero-order valence-electron chi connectivity index (χ0n) is 19.6. The molecule has 33 heavy (non-hydrogen) atoms. The molecule has 0 bridgehead atoms. The van der Waals surface area contributed by atoms with Gasteiger partial charge in [0.2, 0.25) is 11.9 Å². The number of hydrogen-bond acceptors (Lipinski definition) is 6. The number of anilines is 1. The summed E-state index contributed by atoms with van der Waals surface area (Å²) in [5, 5.41) is 7.30. The number of nitrogens with two attached hydrogens (primary N) is 1. The molecule has 4 rings (SSSR count). The van der Waals surface area contributed by atoms with Crippen molar-refractivity contribution in [2.24, 2.45) is 23.5 Å². The summed E-state index contributed by atoms with van der Waals surface area (Å²) in [6.07, 6.45) is 7.32. The number of thioether (sulfide) groups is 1. The maximum Gasteiger partial charge on any atom is 0.242 e. The zero-order valence-corrected chi connectivity index (χ0v) is 20.5. The van der Waals surface area contributed by atoms with E-state index in [-0.39, 0.29) is 17.6 Å². The van der Waals surface area contributed by atoms with Crippen LogP contribution in [-0.4, -0.2) is 45.3 Å². The molecule has 2 aliphatic rings. The van der Waals surface area contributed by atoms with Crippen molar-refractivity contribution >= 4 is 23.5 Å². The summed E-state index contributed by atoms with van der Waals surface area (Å²) in [5.41, 5.74) is 9.03. The Balaban J connectivity index is 1.48. The van der Waals surface area contributed by atoms with Gasteiger partial charge in [0.05, 0.1) is 18.3 Å². The van der Waals surface area contributed by atoms with E-state index in [1.807, 2.05) is 20.1 Å². The second-order valence-electron chi connectivity index (χ2n) is 9.09. The number of ether oxygens (including phenoxy) is 1. The highest BCUT2D eigenvalue weighted by molar-refractivity contribution is 7.98. The quantitative estimate of drug-likeness (QED) is 0.356. The van der Waals surface area contributed by atoms with Crippen LogP contribution in [0.25, 0.3) is 11.1 Å². The molecule has 2 aliphatic carbocycles. The number of nitrogens with zero attached hydrogens (tertiary/aromatic N) is 3. The van der Waals surface area contributed by atoms with Crippen LogP contribution in [0.1, 0.15) is 44.0 Å². The van der Waals surface area contributed by atoms with Gasteiger partial charge < -0.3 is 15.8 Å². The Labute approximate surface area is 199 Å². The molecule has 1 atom stereocenters. The molecule has 2 heterocycles. The standard InChI is InChI=1S/C24H34FN5O2S/c1-4-18-20(14(2)29-30(18)13-32-11-12-33-3)17-9-10-19(27-23(17)25)28-24(31)22(26)21(15-5-6-15)16-7-8-16/h9-10,15-16,21-22H,4-8,11-13,26H2,1-3H3,(H,27,28,31)/t22-/m0/s1. The third-order valence-electron chi connectivity index (χ3n) is 6.63. The molecule has 2 aromatic heterocycles. The van der Waals surface area contributed by atoms with Gasteiger partial charge in [-0.3, -0.25) is 4.79 Å². The molecule has 180 valence electrons. The van der Waals surface area contributed by atoms with Gasteiger partial charge in [0, 0.05) is 22.6 Å². The van der Waals surface area contributed by atoms with E-state index in [4.69, 9.17) is 10.5 Å². The van der Waals surface area contributed by atoms with E-state index in [0.717, 1.165) is 48.4 Å². The van der Waals surface area contributed by atoms with Crippen molar-refractivity contribution in [2.75, 3.05) is 23.9 Å². The first kappa shape index (κ1) is 24.2. The number of aryl methyl sites for hydroxylation is 1. The largest absolute Gasteiger partial charge is 0.358 e. The number of aromatic nitrogens is 3. The van der Waals surface area contributed by atoms with Crippen LogP contribution < -0.4 is 11.1 Å². The van der Waals surface area contributed by atoms with Gasteiger partial charge in [-0.15, -0.1) is 0 Å². The van der Waals surface area contributed by atoms with Crippen molar-refractivity contribution in [3.05, 3.63) is 29.5 Å². The zero-order chi connectivity index (χ0) is 23.5. The lowest BCUT2D eigenvalue weighted by atomic mass is 9.89. The smallest absolute Gasteiger partial charge is 0.242 e. The highest BCUT2D eigenvalue weighted by Crippen LogP contribution is 2.50. The van der Waals surface area contributed by atoms with Crippen molar-refractivity contribution in [1.29, 1.82) is 0 Å². The number of halogens is 1. The predicted molar refractivity (Wildman–Crippen MR) is 129 cm³/mol. The third-order valence-corrected chi connectivity index (χ3v) is 7.21. The van der Waals surface area contributed by atoms with E-state index >= 15 is 4.39 Å². The molecule has 2 aromatic rings. The van der Waals surface area contributed by atoms with Crippen molar-refractivity contribution < 1.29 is 13.9 Å². The van der Waals surface area contributed by atoms with Crippen LogP contribution in [0.4, 0.5) is 10.2 Å². The number of pyridine rings is 1. The first-order chi connectivity index (χ1) is 15.9. The molecular weight excluding hydrogens is 441 g/mol. The summed E-state index contributed by atoms with van der Waals surface area (Å²) in [7, 11) is 0. The lowest BCUT2D eigenvalue weighted by Crippen LogP contribution is -2.44. The SMILES string of the molecule is CCc1c(-c2ccc(NC(=O)[C@@H](N)C(C3CC3)C3CC3)nc2F)c(C)nn1COCCSC. The summed E-state index contributed by atoms with van der Waals surface area (Å²) >= 11 is 1.72. The Kier molecular flexibility index (Phi) is 7.71. The van der Waals surface area contributed by atoms with E-state index in [1.165, 1.54) is 0 Å². The van der Waals surface area contributed by atoms with Crippen molar-refractivity contribution in [3.8, 4) is 11.1 Å². The van der Waals surface area contributed by atoms with E-state index in [1.54, 1.807) is 28.6 Å². The van der Waals surface area contributed by atoms with Crippen LogP contribution in [0.5, 0.6) is 0 Å². The van der Waals surface area contributed by atoms with Crippen molar-refractivity contribution in [3.63, 3.8) is 0 Å². The fraction of sp³-hybridized carbons (Fsp3) is 0.625. The van der Waals surface area contributed by atoms with Gasteiger partial charge in [-0.25, -0.2) is 9.67 Å². The molecule has 0 aromatic carbocycles. The highest BCUT2D eigenvalue weighted by atomic mass is 32.2. The monoisotopic (exact) mass is 475 g/mol. The molecule has 2 fully saturated rings. The predicted octanol–water partition coefficient (Wildman–Crippen LogP) is 3.99. The maximum atomic E-state index is 15.1. The Hall–Kier alpha value is -1.97. The van der Waals surface area contributed by atoms with E-state index in [9.17, 15) is 4.79 Å². The normalized spacial score (nSPS) is 16.9. The molecule has 2 saturated carbocycles. The minimum Gasteiger partial charge on any atom is -0.358 e. The summed E-state index contributed by atoms with van der Waals surface area (Å²) in [5.74, 6) is 1.52. The fourth-order valence-electron chi connectivity index (χ4n) is 4.75. The van der Waals surface area contributed by atoms with Gasteiger partial charge >= 0.3 is 0 Å². The van der Waals surface area contributed by atoms with E-state index < -0.39 is 12.0 Å². The molecule has 7 nitrogen and oxygen atoms in total. The summed E-state index contributed by atoms with van der Waals surface area (Å²) < 4.78 is 22.6. The first-order valence-corrected chi connectivity index (χ1v) is 13.2. The number of carbonyl (C=O) groups excluding carboxylic acids is 1. The molecule has 0 saturated heterocycles. The Morgan fingerprint density at radius 3 is 2.61 bits per heavy atom. The molecule has 3 N–H and O–H groups in total. The number of rotatable bonds is 12. The topological polar surface area (TPSA) is 95.1 Å². The Bertz CT molecular complexity index is 977. The summed E-state index contributed by atoms with van der Waals surface area (Å²) in [4.78, 5) is 16.8. The number of amides is 1. The van der Waals surface area contributed by atoms with Gasteiger partial charge in [0.15, 0.2) is 0 Å². The number of carbonyl (C=O) groups is 1. The van der Waals surface area contributed by atoms with Gasteiger partial charge in [-0.1, -0.05) is 6.92 Å². The second-order valence-corrected chi connectivity index (χ2v) is 10.1. The molecular formula is C24H34FN5O2S. The molecule has 0 radical (unpaired) electrons. The summed E-state index contributed by atoms with van der Waals surface area (Å²) in [6.45, 7) is 4.83. The van der Waals surface area contributed by atoms with Crippen LogP contribution in [0.2, 0.25) is 0 Å². The first-order valence-electron chi connectivity index (χ1n) is 11.8. The minimum atomic E-state index is -0.636. The van der Waals surface area contributed by atoms with Gasteiger partial charge in [-0.2, -0.15) is 21.3 Å². The molecule has 0 spiro atoms. The minimum absolute atomic E-state index is 0.186. The molecule has 1 amide bonds. The average molecular weight is 476 g/mol. The average Bonchev–Trinajstić information content (AvgIpc) is 3.72.